The first-order valence-electron chi connectivity index (χ1n) is 6.56. The summed E-state index contributed by atoms with van der Waals surface area (Å²) in [7, 11) is 0. The van der Waals surface area contributed by atoms with Crippen molar-refractivity contribution < 1.29 is 22.0 Å². The molecule has 114 valence electrons. The standard InChI is InChI=1S/C15H15F4NO/c1-2-7-20-14(10-6-8-21-9-10)11-4-3-5-12(13(11)16)15(17,18)19/h3-6,8-9,14,20H,2,7H2,1H3. The van der Waals surface area contributed by atoms with E-state index in [4.69, 9.17) is 4.42 Å². The Hall–Kier alpha value is -1.82. The Labute approximate surface area is 119 Å². The zero-order chi connectivity index (χ0) is 15.5. The van der Waals surface area contributed by atoms with Crippen LogP contribution in [-0.4, -0.2) is 6.54 Å². The number of hydrogen-bond acceptors (Lipinski definition) is 2. The van der Waals surface area contributed by atoms with Crippen molar-refractivity contribution in [1.82, 2.24) is 5.32 Å². The Morgan fingerprint density at radius 2 is 2.00 bits per heavy atom. The number of rotatable bonds is 5. The normalized spacial score (nSPS) is 13.4. The van der Waals surface area contributed by atoms with Crippen LogP contribution in [0.1, 0.15) is 36.1 Å². The van der Waals surface area contributed by atoms with Crippen molar-refractivity contribution in [3.05, 3.63) is 59.3 Å². The van der Waals surface area contributed by atoms with Gasteiger partial charge in [0, 0.05) is 11.1 Å². The van der Waals surface area contributed by atoms with Gasteiger partial charge in [0.05, 0.1) is 24.1 Å². The first-order chi connectivity index (χ1) is 9.95. The van der Waals surface area contributed by atoms with Crippen molar-refractivity contribution in [3.63, 3.8) is 0 Å². The van der Waals surface area contributed by atoms with Gasteiger partial charge in [0.15, 0.2) is 0 Å². The fourth-order valence-corrected chi connectivity index (χ4v) is 2.13. The molecule has 0 bridgehead atoms. The van der Waals surface area contributed by atoms with E-state index >= 15 is 0 Å². The van der Waals surface area contributed by atoms with E-state index in [9.17, 15) is 17.6 Å². The van der Waals surface area contributed by atoms with Gasteiger partial charge in [-0.05, 0) is 25.1 Å². The summed E-state index contributed by atoms with van der Waals surface area (Å²) in [5.41, 5.74) is -0.715. The molecule has 0 amide bonds. The molecule has 0 fully saturated rings. The fourth-order valence-electron chi connectivity index (χ4n) is 2.13. The zero-order valence-electron chi connectivity index (χ0n) is 11.4. The fraction of sp³-hybridized carbons (Fsp3) is 0.333. The molecule has 1 aromatic carbocycles. The third-order valence-corrected chi connectivity index (χ3v) is 3.12. The molecule has 1 unspecified atom stereocenters. The van der Waals surface area contributed by atoms with Crippen molar-refractivity contribution in [2.24, 2.45) is 0 Å². The molecule has 1 atom stereocenters. The minimum Gasteiger partial charge on any atom is -0.472 e. The first-order valence-corrected chi connectivity index (χ1v) is 6.56. The first kappa shape index (κ1) is 15.6. The van der Waals surface area contributed by atoms with Crippen LogP contribution in [0.25, 0.3) is 0 Å². The molecule has 0 saturated carbocycles. The molecule has 2 aromatic rings. The lowest BCUT2D eigenvalue weighted by Gasteiger charge is -2.20. The van der Waals surface area contributed by atoms with Crippen LogP contribution in [0.15, 0.2) is 41.2 Å². The van der Waals surface area contributed by atoms with Gasteiger partial charge in [-0.1, -0.05) is 19.1 Å². The quantitative estimate of drug-likeness (QED) is 0.821. The minimum atomic E-state index is -4.72. The van der Waals surface area contributed by atoms with Gasteiger partial charge in [0.1, 0.15) is 5.82 Å². The van der Waals surface area contributed by atoms with Crippen LogP contribution < -0.4 is 5.32 Å². The van der Waals surface area contributed by atoms with Gasteiger partial charge in [-0.3, -0.25) is 0 Å². The predicted octanol–water partition coefficient (Wildman–Crippen LogP) is 4.53. The summed E-state index contributed by atoms with van der Waals surface area (Å²) in [6, 6.07) is 4.23. The highest BCUT2D eigenvalue weighted by atomic mass is 19.4. The smallest absolute Gasteiger partial charge is 0.419 e. The molecule has 0 saturated heterocycles. The molecule has 0 radical (unpaired) electrons. The maximum absolute atomic E-state index is 14.2. The number of alkyl halides is 3. The Bertz CT molecular complexity index is 578. The average Bonchev–Trinajstić information content (AvgIpc) is 2.93. The van der Waals surface area contributed by atoms with Crippen LogP contribution >= 0.6 is 0 Å². The average molecular weight is 301 g/mol. The van der Waals surface area contributed by atoms with Crippen molar-refractivity contribution in [2.75, 3.05) is 6.54 Å². The van der Waals surface area contributed by atoms with Crippen LogP contribution in [0, 0.1) is 5.82 Å². The van der Waals surface area contributed by atoms with Gasteiger partial charge in [0.25, 0.3) is 0 Å². The van der Waals surface area contributed by atoms with E-state index in [1.807, 2.05) is 6.92 Å². The molecule has 1 aromatic heterocycles. The maximum Gasteiger partial charge on any atom is 0.419 e. The van der Waals surface area contributed by atoms with E-state index in [1.54, 1.807) is 6.07 Å². The second kappa shape index (κ2) is 6.30. The Kier molecular flexibility index (Phi) is 4.67. The summed E-state index contributed by atoms with van der Waals surface area (Å²) >= 11 is 0. The Morgan fingerprint density at radius 3 is 2.57 bits per heavy atom. The lowest BCUT2D eigenvalue weighted by atomic mass is 9.98. The van der Waals surface area contributed by atoms with Crippen molar-refractivity contribution in [1.29, 1.82) is 0 Å². The van der Waals surface area contributed by atoms with Gasteiger partial charge in [-0.2, -0.15) is 13.2 Å². The van der Waals surface area contributed by atoms with Gasteiger partial charge in [-0.15, -0.1) is 0 Å². The summed E-state index contributed by atoms with van der Waals surface area (Å²) in [6.45, 7) is 2.47. The number of benzene rings is 1. The lowest BCUT2D eigenvalue weighted by molar-refractivity contribution is -0.140. The number of furan rings is 1. The van der Waals surface area contributed by atoms with Gasteiger partial charge in [0.2, 0.25) is 0 Å². The molecule has 1 N–H and O–H groups in total. The van der Waals surface area contributed by atoms with E-state index in [0.717, 1.165) is 12.5 Å². The second-order valence-electron chi connectivity index (χ2n) is 4.65. The van der Waals surface area contributed by atoms with Crippen LogP contribution in [0.4, 0.5) is 17.6 Å². The highest BCUT2D eigenvalue weighted by molar-refractivity contribution is 5.35. The molecule has 2 rings (SSSR count). The summed E-state index contributed by atoms with van der Waals surface area (Å²) in [5.74, 6) is -1.25. The third kappa shape index (κ3) is 3.44. The predicted molar refractivity (Wildman–Crippen MR) is 70.2 cm³/mol. The van der Waals surface area contributed by atoms with Crippen LogP contribution in [0.5, 0.6) is 0 Å². The summed E-state index contributed by atoms with van der Waals surface area (Å²) in [5, 5.41) is 3.04. The van der Waals surface area contributed by atoms with E-state index in [2.05, 4.69) is 5.32 Å². The van der Waals surface area contributed by atoms with Crippen molar-refractivity contribution >= 4 is 0 Å². The van der Waals surface area contributed by atoms with E-state index in [0.29, 0.717) is 12.1 Å². The molecule has 1 heterocycles. The van der Waals surface area contributed by atoms with Crippen LogP contribution in [0.2, 0.25) is 0 Å². The molecular formula is C15H15F4NO. The highest BCUT2D eigenvalue weighted by Gasteiger charge is 2.36. The van der Waals surface area contributed by atoms with E-state index in [1.165, 1.54) is 24.7 Å². The summed E-state index contributed by atoms with van der Waals surface area (Å²) in [6.07, 6.45) is -1.14. The van der Waals surface area contributed by atoms with Crippen LogP contribution in [0.3, 0.4) is 0 Å². The van der Waals surface area contributed by atoms with E-state index in [-0.39, 0.29) is 5.56 Å². The SMILES string of the molecule is CCCNC(c1ccoc1)c1cccc(C(F)(F)F)c1F. The number of halogens is 4. The van der Waals surface area contributed by atoms with Gasteiger partial charge >= 0.3 is 6.18 Å². The topological polar surface area (TPSA) is 25.2 Å². The van der Waals surface area contributed by atoms with Gasteiger partial charge < -0.3 is 9.73 Å². The lowest BCUT2D eigenvalue weighted by Crippen LogP contribution is -2.24. The molecule has 0 aliphatic carbocycles. The molecule has 21 heavy (non-hydrogen) atoms. The maximum atomic E-state index is 14.2. The Morgan fingerprint density at radius 1 is 1.24 bits per heavy atom. The molecule has 0 aliphatic rings. The van der Waals surface area contributed by atoms with Crippen molar-refractivity contribution in [2.45, 2.75) is 25.6 Å². The number of nitrogens with one attached hydrogen (secondary N) is 1. The van der Waals surface area contributed by atoms with Crippen LogP contribution in [-0.2, 0) is 6.18 Å². The minimum absolute atomic E-state index is 0.0420. The molecule has 6 heteroatoms. The zero-order valence-corrected chi connectivity index (χ0v) is 11.4. The largest absolute Gasteiger partial charge is 0.472 e. The molecule has 2 nitrogen and oxygen atoms in total. The molecular weight excluding hydrogens is 286 g/mol. The Balaban J connectivity index is 2.45. The second-order valence-corrected chi connectivity index (χ2v) is 4.65. The number of hydrogen-bond donors (Lipinski definition) is 1. The van der Waals surface area contributed by atoms with Crippen molar-refractivity contribution in [3.8, 4) is 0 Å². The van der Waals surface area contributed by atoms with E-state index < -0.39 is 23.6 Å². The summed E-state index contributed by atoms with van der Waals surface area (Å²) < 4.78 is 57.6. The molecule has 0 spiro atoms. The third-order valence-electron chi connectivity index (χ3n) is 3.12. The molecule has 0 aliphatic heterocycles. The van der Waals surface area contributed by atoms with Gasteiger partial charge in [-0.25, -0.2) is 4.39 Å². The highest BCUT2D eigenvalue weighted by Crippen LogP contribution is 2.35. The summed E-state index contributed by atoms with van der Waals surface area (Å²) in [4.78, 5) is 0. The monoisotopic (exact) mass is 301 g/mol.